The first-order chi connectivity index (χ1) is 13.3. The number of fused-ring (bicyclic) bond motifs is 2. The van der Waals surface area contributed by atoms with E-state index < -0.39 is 33.4 Å². The lowest BCUT2D eigenvalue weighted by Gasteiger charge is -2.20. The van der Waals surface area contributed by atoms with Crippen LogP contribution in [0.1, 0.15) is 0 Å². The van der Waals surface area contributed by atoms with Crippen molar-refractivity contribution in [3.05, 3.63) is 62.8 Å². The van der Waals surface area contributed by atoms with Crippen LogP contribution in [0, 0.1) is 10.1 Å². The molecule has 0 radical (unpaired) electrons. The summed E-state index contributed by atoms with van der Waals surface area (Å²) in [5, 5.41) is 53.3. The van der Waals surface area contributed by atoms with Gasteiger partial charge in [0.05, 0.1) is 4.92 Å². The Morgan fingerprint density at radius 2 is 1.61 bits per heavy atom. The number of nitrogens with zero attached hydrogens (tertiary/aromatic N) is 1. The van der Waals surface area contributed by atoms with Crippen molar-refractivity contribution in [2.45, 2.75) is 0 Å². The zero-order valence-corrected chi connectivity index (χ0v) is 13.9. The van der Waals surface area contributed by atoms with E-state index in [0.717, 1.165) is 42.5 Å². The maximum Gasteiger partial charge on any atom is 0.270 e. The minimum Gasteiger partial charge on any atom is -0.872 e. The van der Waals surface area contributed by atoms with Crippen molar-refractivity contribution in [1.29, 1.82) is 0 Å². The van der Waals surface area contributed by atoms with Crippen LogP contribution in [0.5, 0.6) is 23.0 Å². The summed E-state index contributed by atoms with van der Waals surface area (Å²) in [4.78, 5) is 22.3. The lowest BCUT2D eigenvalue weighted by molar-refractivity contribution is -0.385. The number of nitro benzene ring substituents is 1. The largest absolute Gasteiger partial charge is 0.872 e. The van der Waals surface area contributed by atoms with Gasteiger partial charge >= 0.3 is 0 Å². The zero-order chi connectivity index (χ0) is 20.2. The fourth-order valence-corrected chi connectivity index (χ4v) is 3.05. The molecule has 0 saturated heterocycles. The fourth-order valence-electron chi connectivity index (χ4n) is 3.05. The third kappa shape index (κ3) is 2.53. The van der Waals surface area contributed by atoms with Gasteiger partial charge in [0.25, 0.3) is 5.69 Å². The van der Waals surface area contributed by atoms with Gasteiger partial charge in [0.2, 0.25) is 5.43 Å². The second-order valence-electron chi connectivity index (χ2n) is 6.07. The van der Waals surface area contributed by atoms with Gasteiger partial charge in [0.1, 0.15) is 11.3 Å². The number of hydrogen-bond donors (Lipinski definition) is 3. The molecule has 0 bridgehead atoms. The van der Waals surface area contributed by atoms with Gasteiger partial charge in [-0.15, -0.1) is 5.75 Å². The van der Waals surface area contributed by atoms with Crippen molar-refractivity contribution in [2.75, 3.05) is 0 Å². The van der Waals surface area contributed by atoms with Crippen molar-refractivity contribution >= 4 is 16.7 Å². The monoisotopic (exact) mass is 380 g/mol. The molecule has 9 nitrogen and oxygen atoms in total. The van der Waals surface area contributed by atoms with Crippen LogP contribution in [0.3, 0.4) is 0 Å². The minimum absolute atomic E-state index is 0.0127. The van der Waals surface area contributed by atoms with Gasteiger partial charge in [-0.05, 0) is 17.7 Å². The number of aromatic hydroxyl groups is 3. The standard InChI is InChI=1S/C19H11NO8/c21-12-2-1-8(20(26)27)3-9(12)19-10-4-13(22)15(24)6-17(10)28-18-7-16(25)14(23)5-11(18)19/h1-7,21-24H/p-1. The van der Waals surface area contributed by atoms with E-state index in [1.807, 2.05) is 0 Å². The van der Waals surface area contributed by atoms with Gasteiger partial charge in [-0.25, -0.2) is 0 Å². The van der Waals surface area contributed by atoms with Crippen LogP contribution in [0.4, 0.5) is 5.69 Å². The van der Waals surface area contributed by atoms with Crippen LogP contribution >= 0.6 is 0 Å². The molecule has 140 valence electrons. The first-order valence-corrected chi connectivity index (χ1v) is 7.87. The van der Waals surface area contributed by atoms with Crippen molar-refractivity contribution in [2.24, 2.45) is 0 Å². The van der Waals surface area contributed by atoms with E-state index in [-0.39, 0.29) is 39.1 Å². The summed E-state index contributed by atoms with van der Waals surface area (Å²) in [6, 6.07) is 7.44. The van der Waals surface area contributed by atoms with Crippen molar-refractivity contribution in [3.8, 4) is 45.4 Å². The van der Waals surface area contributed by atoms with Gasteiger partial charge < -0.3 is 24.8 Å². The maximum absolute atomic E-state index is 12.5. The summed E-state index contributed by atoms with van der Waals surface area (Å²) in [5.74, 6) is -2.18. The molecule has 3 N–H and O–H groups in total. The Kier molecular flexibility index (Phi) is 3.60. The zero-order valence-electron chi connectivity index (χ0n) is 13.9. The van der Waals surface area contributed by atoms with E-state index in [0.29, 0.717) is 0 Å². The number of rotatable bonds is 2. The Morgan fingerprint density at radius 1 is 0.893 bits per heavy atom. The molecule has 0 aromatic heterocycles. The Hall–Kier alpha value is -4.27. The predicted molar refractivity (Wildman–Crippen MR) is 95.6 cm³/mol. The molecule has 2 aliphatic rings. The smallest absolute Gasteiger partial charge is 0.270 e. The molecular weight excluding hydrogens is 370 g/mol. The molecule has 9 heteroatoms. The lowest BCUT2D eigenvalue weighted by Crippen LogP contribution is -2.03. The van der Waals surface area contributed by atoms with Crippen LogP contribution in [-0.2, 0) is 0 Å². The quantitative estimate of drug-likeness (QED) is 0.207. The second kappa shape index (κ2) is 5.88. The third-order valence-corrected chi connectivity index (χ3v) is 4.34. The summed E-state index contributed by atoms with van der Waals surface area (Å²) >= 11 is 0. The van der Waals surface area contributed by atoms with Gasteiger partial charge in [-0.2, -0.15) is 0 Å². The topological polar surface area (TPSA) is 157 Å². The molecule has 1 aliphatic carbocycles. The van der Waals surface area contributed by atoms with Gasteiger partial charge in [-0.3, -0.25) is 14.9 Å². The SMILES string of the molecule is O=c1cc2oc3cc(O)c(O)cc3c(-c3cc([N+](=O)[O-])ccc3[O-])c-2cc1O. The molecule has 2 aromatic carbocycles. The first kappa shape index (κ1) is 17.2. The summed E-state index contributed by atoms with van der Waals surface area (Å²) in [5.41, 5.74) is -0.907. The third-order valence-electron chi connectivity index (χ3n) is 4.34. The molecular formula is C19H10NO8-. The molecule has 0 atom stereocenters. The van der Waals surface area contributed by atoms with E-state index in [2.05, 4.69) is 0 Å². The molecule has 1 aliphatic heterocycles. The van der Waals surface area contributed by atoms with Crippen molar-refractivity contribution in [3.63, 3.8) is 0 Å². The van der Waals surface area contributed by atoms with E-state index in [4.69, 9.17) is 4.42 Å². The second-order valence-corrected chi connectivity index (χ2v) is 6.07. The molecule has 0 spiro atoms. The number of hydrogen-bond acceptors (Lipinski definition) is 8. The Morgan fingerprint density at radius 3 is 2.32 bits per heavy atom. The first-order valence-electron chi connectivity index (χ1n) is 7.87. The molecule has 28 heavy (non-hydrogen) atoms. The highest BCUT2D eigenvalue weighted by atomic mass is 16.6. The van der Waals surface area contributed by atoms with Crippen LogP contribution in [0.15, 0.2) is 51.7 Å². The van der Waals surface area contributed by atoms with Gasteiger partial charge in [0.15, 0.2) is 17.2 Å². The Bertz CT molecular complexity index is 1310. The molecule has 0 saturated carbocycles. The maximum atomic E-state index is 12.5. The highest BCUT2D eigenvalue weighted by Crippen LogP contribution is 2.46. The van der Waals surface area contributed by atoms with E-state index in [1.54, 1.807) is 0 Å². The average Bonchev–Trinajstić information content (AvgIpc) is 2.63. The molecule has 4 rings (SSSR count). The molecule has 0 unspecified atom stereocenters. The van der Waals surface area contributed by atoms with Crippen molar-refractivity contribution < 1.29 is 29.8 Å². The van der Waals surface area contributed by atoms with Gasteiger partial charge in [-0.1, -0.05) is 6.07 Å². The highest BCUT2D eigenvalue weighted by molar-refractivity contribution is 6.04. The predicted octanol–water partition coefficient (Wildman–Crippen LogP) is 2.66. The number of phenolic OH excluding ortho intramolecular Hbond substituents is 3. The van der Waals surface area contributed by atoms with Crippen LogP contribution in [0.2, 0.25) is 0 Å². The number of nitro groups is 1. The number of benzene rings is 3. The molecule has 0 amide bonds. The van der Waals surface area contributed by atoms with Crippen LogP contribution in [-0.4, -0.2) is 20.2 Å². The fraction of sp³-hybridized carbons (Fsp3) is 0. The molecule has 2 aromatic rings. The van der Waals surface area contributed by atoms with E-state index >= 15 is 0 Å². The normalized spacial score (nSPS) is 11.1. The molecule has 0 fully saturated rings. The average molecular weight is 380 g/mol. The Labute approximate surface area is 155 Å². The number of phenols is 3. The summed E-state index contributed by atoms with van der Waals surface area (Å²) < 4.78 is 5.58. The lowest BCUT2D eigenvalue weighted by atomic mass is 9.92. The number of non-ortho nitro benzene ring substituents is 1. The summed E-state index contributed by atoms with van der Waals surface area (Å²) in [6.45, 7) is 0. The van der Waals surface area contributed by atoms with Crippen LogP contribution < -0.4 is 10.5 Å². The van der Waals surface area contributed by atoms with Gasteiger partial charge in [0, 0.05) is 40.8 Å². The van der Waals surface area contributed by atoms with E-state index in [9.17, 15) is 35.3 Å². The van der Waals surface area contributed by atoms with Crippen molar-refractivity contribution in [1.82, 2.24) is 0 Å². The van der Waals surface area contributed by atoms with Crippen LogP contribution in [0.25, 0.3) is 33.4 Å². The molecule has 1 heterocycles. The summed E-state index contributed by atoms with van der Waals surface area (Å²) in [7, 11) is 0. The summed E-state index contributed by atoms with van der Waals surface area (Å²) in [6.07, 6.45) is 0. The Balaban J connectivity index is 2.24. The minimum atomic E-state index is -0.731. The highest BCUT2D eigenvalue weighted by Gasteiger charge is 2.22. The van der Waals surface area contributed by atoms with E-state index in [1.165, 1.54) is 0 Å².